The number of fused-ring (bicyclic) bond motifs is 2. The quantitative estimate of drug-likeness (QED) is 0.0608. The Morgan fingerprint density at radius 1 is 0.818 bits per heavy atom. The van der Waals surface area contributed by atoms with Gasteiger partial charge in [-0.1, -0.05) is 105 Å². The summed E-state index contributed by atoms with van der Waals surface area (Å²) in [6.45, 7) is 23.9. The first-order valence-electron chi connectivity index (χ1n) is 19.6. The van der Waals surface area contributed by atoms with Crippen molar-refractivity contribution in [1.82, 2.24) is 9.97 Å². The minimum Gasteiger partial charge on any atom is -0.512 e. The van der Waals surface area contributed by atoms with E-state index in [9.17, 15) is 9.90 Å². The molecule has 55 heavy (non-hydrogen) atoms. The normalized spacial score (nSPS) is 11.9. The summed E-state index contributed by atoms with van der Waals surface area (Å²) in [6, 6.07) is 28.1. The number of nitrogens with zero attached hydrogens (tertiary/aromatic N) is 2. The van der Waals surface area contributed by atoms with Gasteiger partial charge in [-0.3, -0.25) is 14.8 Å². The van der Waals surface area contributed by atoms with Crippen LogP contribution in [-0.4, -0.2) is 28.9 Å². The van der Waals surface area contributed by atoms with Crippen LogP contribution in [0.15, 0.2) is 84.8 Å². The molecule has 3 heterocycles. The Bertz CT molecular complexity index is 2290. The Hall–Kier alpha value is -3.74. The van der Waals surface area contributed by atoms with Crippen LogP contribution in [0.4, 0.5) is 0 Å². The van der Waals surface area contributed by atoms with Gasteiger partial charge in [0.1, 0.15) is 0 Å². The Kier molecular flexibility index (Phi) is 15.1. The molecule has 0 atom stereocenters. The van der Waals surface area contributed by atoms with E-state index in [1.807, 2.05) is 45.2 Å². The number of benzene rings is 3. The van der Waals surface area contributed by atoms with Crippen LogP contribution in [0.2, 0.25) is 19.6 Å². The van der Waals surface area contributed by atoms with Gasteiger partial charge in [0.05, 0.1) is 13.8 Å². The number of thiophene rings is 1. The zero-order valence-electron chi connectivity index (χ0n) is 34.5. The number of hydrogen-bond acceptors (Lipinski definition) is 5. The molecule has 291 valence electrons. The molecule has 6 aromatic rings. The molecular weight excluding hydrogens is 889 g/mol. The molecule has 7 heteroatoms. The number of allylic oxidation sites excluding steroid dienone is 2. The van der Waals surface area contributed by atoms with E-state index in [0.717, 1.165) is 53.7 Å². The van der Waals surface area contributed by atoms with Crippen molar-refractivity contribution in [2.45, 2.75) is 101 Å². The monoisotopic (exact) mass is 946 g/mol. The van der Waals surface area contributed by atoms with Gasteiger partial charge in [0, 0.05) is 70.9 Å². The van der Waals surface area contributed by atoms with Gasteiger partial charge < -0.3 is 5.11 Å². The fraction of sp³-hybridized carbons (Fsp3) is 0.354. The average molecular weight is 946 g/mol. The Labute approximate surface area is 347 Å². The van der Waals surface area contributed by atoms with E-state index in [-0.39, 0.29) is 43.5 Å². The van der Waals surface area contributed by atoms with Crippen molar-refractivity contribution in [3.63, 3.8) is 0 Å². The van der Waals surface area contributed by atoms with Gasteiger partial charge in [0.25, 0.3) is 0 Å². The third-order valence-corrected chi connectivity index (χ3v) is 14.1. The first-order valence-corrected chi connectivity index (χ1v) is 23.9. The third-order valence-electron chi connectivity index (χ3n) is 10.7. The molecule has 1 radical (unpaired) electrons. The molecule has 0 aliphatic carbocycles. The van der Waals surface area contributed by atoms with Crippen LogP contribution in [0, 0.1) is 45.6 Å². The zero-order valence-corrected chi connectivity index (χ0v) is 38.7. The first kappa shape index (κ1) is 44.0. The maximum Gasteiger partial charge on any atom is 0.162 e. The average Bonchev–Trinajstić information content (AvgIpc) is 3.47. The molecule has 0 bridgehead atoms. The fourth-order valence-electron chi connectivity index (χ4n) is 7.35. The first-order chi connectivity index (χ1) is 25.7. The third kappa shape index (κ3) is 9.99. The molecule has 0 saturated carbocycles. The van der Waals surface area contributed by atoms with Crippen molar-refractivity contribution in [3.8, 4) is 32.8 Å². The van der Waals surface area contributed by atoms with Crippen molar-refractivity contribution in [1.29, 1.82) is 0 Å². The van der Waals surface area contributed by atoms with Crippen molar-refractivity contribution < 1.29 is 30.0 Å². The molecule has 0 amide bonds. The van der Waals surface area contributed by atoms with Crippen LogP contribution in [0.5, 0.6) is 0 Å². The number of carbonyl (C=O) groups excluding carboxylic acids is 1. The van der Waals surface area contributed by atoms with Gasteiger partial charge in [-0.25, -0.2) is 0 Å². The Morgan fingerprint density at radius 2 is 1.45 bits per heavy atom. The summed E-state index contributed by atoms with van der Waals surface area (Å²) >= 11 is 1.86. The van der Waals surface area contributed by atoms with E-state index in [2.05, 4.69) is 125 Å². The largest absolute Gasteiger partial charge is 0.512 e. The van der Waals surface area contributed by atoms with Crippen molar-refractivity contribution in [2.75, 3.05) is 0 Å². The van der Waals surface area contributed by atoms with Crippen molar-refractivity contribution >= 4 is 51.2 Å². The number of hydrogen-bond donors (Lipinski definition) is 1. The fourth-order valence-corrected chi connectivity index (χ4v) is 9.98. The number of aryl methyl sites for hydroxylation is 4. The SMILES string of the molecule is CCC(CC)C(=O)/C=C(\O)C(CC)CC.Cc1cc(-c2cc(-c3nccc4c(C)c(-c5ccc([Si](C)(C)C)cc5C)sc34)[c-]c3ccccc23)cc(C)n1.[Ir]. The summed E-state index contributed by atoms with van der Waals surface area (Å²) in [5.41, 5.74) is 10.4. The molecule has 0 aliphatic heterocycles. The molecule has 0 unspecified atom stereocenters. The van der Waals surface area contributed by atoms with E-state index in [1.54, 1.807) is 0 Å². The summed E-state index contributed by atoms with van der Waals surface area (Å²) in [4.78, 5) is 22.6. The summed E-state index contributed by atoms with van der Waals surface area (Å²) in [6.07, 6.45) is 6.86. The maximum absolute atomic E-state index is 11.7. The number of pyridine rings is 2. The molecule has 0 aliphatic rings. The zero-order chi connectivity index (χ0) is 39.3. The second kappa shape index (κ2) is 18.9. The predicted octanol–water partition coefficient (Wildman–Crippen LogP) is 13.3. The van der Waals surface area contributed by atoms with E-state index in [4.69, 9.17) is 4.98 Å². The molecule has 0 saturated heterocycles. The van der Waals surface area contributed by atoms with Gasteiger partial charge in [-0.2, -0.15) is 0 Å². The topological polar surface area (TPSA) is 63.1 Å². The number of rotatable bonds is 11. The van der Waals surface area contributed by atoms with Crippen LogP contribution in [0.3, 0.4) is 0 Å². The standard InChI is InChI=1S/C35H33N2SSi.C13H24O2.Ir/c1-21-16-28(39(5,6)7)12-13-29(21)34-24(4)30-14-15-36-33(35(30)38-34)27-19-25-10-8-9-11-31(25)32(20-27)26-17-22(2)37-23(3)18-26;1-5-10(6-2)12(14)9-13(15)11(7-3)8-4;/h8-18,20H,1-7H3;9-11,14H,5-8H2,1-4H3;/q-1;;/b;12-9-;. The number of aliphatic hydroxyl groups is 1. The minimum atomic E-state index is -1.36. The summed E-state index contributed by atoms with van der Waals surface area (Å²) in [5, 5.41) is 14.8. The van der Waals surface area contributed by atoms with Gasteiger partial charge in [0.15, 0.2) is 5.78 Å². The molecule has 0 spiro atoms. The summed E-state index contributed by atoms with van der Waals surface area (Å²) < 4.78 is 1.22. The molecule has 0 fully saturated rings. The number of ketones is 1. The van der Waals surface area contributed by atoms with Gasteiger partial charge in [-0.15, -0.1) is 34.9 Å². The van der Waals surface area contributed by atoms with E-state index < -0.39 is 8.07 Å². The van der Waals surface area contributed by atoms with Crippen molar-refractivity contribution in [3.05, 3.63) is 113 Å². The predicted molar refractivity (Wildman–Crippen MR) is 236 cm³/mol. The Balaban J connectivity index is 0.000000360. The Morgan fingerprint density at radius 3 is 2.05 bits per heavy atom. The van der Waals surface area contributed by atoms with Crippen LogP contribution >= 0.6 is 11.3 Å². The van der Waals surface area contributed by atoms with Crippen LogP contribution in [-0.2, 0) is 24.9 Å². The molecular formula is C48H57IrN2O2SSi-. The number of aromatic nitrogens is 2. The molecule has 6 rings (SSSR count). The number of aliphatic hydroxyl groups excluding tert-OH is 1. The van der Waals surface area contributed by atoms with Crippen LogP contribution < -0.4 is 5.19 Å². The molecule has 3 aromatic heterocycles. The van der Waals surface area contributed by atoms with Crippen LogP contribution in [0.25, 0.3) is 53.7 Å². The van der Waals surface area contributed by atoms with Crippen LogP contribution in [0.1, 0.15) is 75.9 Å². The van der Waals surface area contributed by atoms with E-state index in [1.165, 1.54) is 59.4 Å². The molecule has 1 N–H and O–H groups in total. The summed E-state index contributed by atoms with van der Waals surface area (Å²) in [7, 11) is -1.36. The van der Waals surface area contributed by atoms with E-state index in [0.29, 0.717) is 0 Å². The second-order valence-corrected chi connectivity index (χ2v) is 21.7. The van der Waals surface area contributed by atoms with E-state index >= 15 is 0 Å². The van der Waals surface area contributed by atoms with Crippen molar-refractivity contribution in [2.24, 2.45) is 11.8 Å². The molecule has 3 aromatic carbocycles. The van der Waals surface area contributed by atoms with Gasteiger partial charge >= 0.3 is 0 Å². The second-order valence-electron chi connectivity index (χ2n) is 15.7. The molecule has 4 nitrogen and oxygen atoms in total. The summed E-state index contributed by atoms with van der Waals surface area (Å²) in [5.74, 6) is 0.547. The minimum absolute atomic E-state index is 0. The number of carbonyl (C=O) groups is 1. The smallest absolute Gasteiger partial charge is 0.162 e. The van der Waals surface area contributed by atoms with Gasteiger partial charge in [0.2, 0.25) is 0 Å². The van der Waals surface area contributed by atoms with Gasteiger partial charge in [-0.05, 0) is 99.2 Å². The maximum atomic E-state index is 11.7.